The summed E-state index contributed by atoms with van der Waals surface area (Å²) < 4.78 is 5.01. The zero-order chi connectivity index (χ0) is 15.7. The van der Waals surface area contributed by atoms with Gasteiger partial charge >= 0.3 is 11.9 Å². The van der Waals surface area contributed by atoms with Crippen molar-refractivity contribution in [3.63, 3.8) is 0 Å². The van der Waals surface area contributed by atoms with E-state index in [9.17, 15) is 14.4 Å². The van der Waals surface area contributed by atoms with E-state index >= 15 is 0 Å². The quantitative estimate of drug-likeness (QED) is 0.653. The minimum Gasteiger partial charge on any atom is -0.479 e. The Bertz CT molecular complexity index is 344. The normalized spacial score (nSPS) is 13.8. The summed E-state index contributed by atoms with van der Waals surface area (Å²) in [5.74, 6) is -1.27. The molecule has 7 heteroatoms. The van der Waals surface area contributed by atoms with Gasteiger partial charge in [0, 0.05) is 19.1 Å². The molecule has 0 bridgehead atoms. The zero-order valence-electron chi connectivity index (χ0n) is 12.3. The highest BCUT2D eigenvalue weighted by molar-refractivity contribution is 8.13. The highest BCUT2D eigenvalue weighted by Crippen LogP contribution is 2.16. The van der Waals surface area contributed by atoms with Gasteiger partial charge in [-0.3, -0.25) is 9.59 Å². The summed E-state index contributed by atoms with van der Waals surface area (Å²) in [5, 5.41) is 9.37. The third kappa shape index (κ3) is 9.25. The van der Waals surface area contributed by atoms with Crippen LogP contribution < -0.4 is 0 Å². The van der Waals surface area contributed by atoms with Gasteiger partial charge in [-0.2, -0.15) is 11.8 Å². The minimum absolute atomic E-state index is 0.0761. The number of ether oxygens (including phenoxy) is 1. The maximum Gasteiger partial charge on any atom is 0.345 e. The first-order chi connectivity index (χ1) is 9.23. The summed E-state index contributed by atoms with van der Waals surface area (Å²) in [6, 6.07) is 0. The largest absolute Gasteiger partial charge is 0.479 e. The standard InChI is InChI=1S/C13H22O5S2/c1-8(2)19-6-5-11(12(15)16)18-13(17)9(3)7-20-10(4)14/h8-9,11H,5-7H2,1-4H3,(H,15,16)/t9-,11+/m1/s1. The second-order valence-electron chi connectivity index (χ2n) is 4.68. The number of rotatable bonds is 9. The van der Waals surface area contributed by atoms with Gasteiger partial charge in [-0.1, -0.05) is 32.5 Å². The van der Waals surface area contributed by atoms with Gasteiger partial charge in [0.2, 0.25) is 0 Å². The third-order valence-corrected chi connectivity index (χ3v) is 4.52. The van der Waals surface area contributed by atoms with Crippen LogP contribution in [0.3, 0.4) is 0 Å². The first kappa shape index (κ1) is 19.3. The van der Waals surface area contributed by atoms with Crippen LogP contribution in [0.25, 0.3) is 0 Å². The second-order valence-corrected chi connectivity index (χ2v) is 7.56. The van der Waals surface area contributed by atoms with Crippen molar-refractivity contribution in [3.8, 4) is 0 Å². The summed E-state index contributed by atoms with van der Waals surface area (Å²) in [4.78, 5) is 33.6. The molecule has 0 spiro atoms. The molecule has 0 aliphatic heterocycles. The molecule has 20 heavy (non-hydrogen) atoms. The van der Waals surface area contributed by atoms with Gasteiger partial charge in [0.15, 0.2) is 11.2 Å². The Labute approximate surface area is 128 Å². The van der Waals surface area contributed by atoms with Gasteiger partial charge in [0.1, 0.15) is 0 Å². The van der Waals surface area contributed by atoms with Crippen molar-refractivity contribution in [2.75, 3.05) is 11.5 Å². The van der Waals surface area contributed by atoms with Crippen molar-refractivity contribution in [2.24, 2.45) is 5.92 Å². The first-order valence-corrected chi connectivity index (χ1v) is 8.45. The van der Waals surface area contributed by atoms with Crippen molar-refractivity contribution in [3.05, 3.63) is 0 Å². The van der Waals surface area contributed by atoms with Crippen LogP contribution in [0.2, 0.25) is 0 Å². The van der Waals surface area contributed by atoms with Crippen molar-refractivity contribution < 1.29 is 24.2 Å². The highest BCUT2D eigenvalue weighted by Gasteiger charge is 2.25. The van der Waals surface area contributed by atoms with E-state index in [4.69, 9.17) is 9.84 Å². The van der Waals surface area contributed by atoms with Crippen molar-refractivity contribution in [2.45, 2.75) is 45.5 Å². The van der Waals surface area contributed by atoms with E-state index in [1.807, 2.05) is 13.8 Å². The Kier molecular flexibility index (Phi) is 9.75. The summed E-state index contributed by atoms with van der Waals surface area (Å²) in [6.45, 7) is 7.09. The van der Waals surface area contributed by atoms with E-state index in [0.717, 1.165) is 11.8 Å². The number of aliphatic carboxylic acids is 1. The number of carbonyl (C=O) groups excluding carboxylic acids is 2. The Morgan fingerprint density at radius 3 is 2.25 bits per heavy atom. The number of esters is 1. The minimum atomic E-state index is -1.13. The lowest BCUT2D eigenvalue weighted by Gasteiger charge is -2.17. The van der Waals surface area contributed by atoms with E-state index in [0.29, 0.717) is 16.8 Å². The van der Waals surface area contributed by atoms with Gasteiger partial charge in [0.25, 0.3) is 0 Å². The fourth-order valence-electron chi connectivity index (χ4n) is 1.21. The molecule has 0 radical (unpaired) electrons. The summed E-state index contributed by atoms with van der Waals surface area (Å²) in [5.41, 5.74) is 0. The Balaban J connectivity index is 4.25. The molecule has 0 heterocycles. The van der Waals surface area contributed by atoms with Crippen LogP contribution in [0.5, 0.6) is 0 Å². The van der Waals surface area contributed by atoms with E-state index in [-0.39, 0.29) is 11.5 Å². The molecule has 0 aliphatic carbocycles. The van der Waals surface area contributed by atoms with Gasteiger partial charge in [0.05, 0.1) is 5.92 Å². The predicted molar refractivity (Wildman–Crippen MR) is 82.0 cm³/mol. The average Bonchev–Trinajstić information content (AvgIpc) is 2.33. The van der Waals surface area contributed by atoms with Gasteiger partial charge < -0.3 is 9.84 Å². The van der Waals surface area contributed by atoms with Crippen LogP contribution in [0.1, 0.15) is 34.1 Å². The fraction of sp³-hybridized carbons (Fsp3) is 0.769. The molecule has 0 aliphatic rings. The zero-order valence-corrected chi connectivity index (χ0v) is 13.9. The molecular formula is C13H22O5S2. The molecule has 5 nitrogen and oxygen atoms in total. The second kappa shape index (κ2) is 10.1. The Morgan fingerprint density at radius 2 is 1.80 bits per heavy atom. The number of hydrogen-bond acceptors (Lipinski definition) is 6. The summed E-state index contributed by atoms with van der Waals surface area (Å²) >= 11 is 2.66. The molecule has 0 aromatic heterocycles. The van der Waals surface area contributed by atoms with E-state index in [1.54, 1.807) is 18.7 Å². The predicted octanol–water partition coefficient (Wildman–Crippen LogP) is 2.43. The lowest BCUT2D eigenvalue weighted by atomic mass is 10.2. The molecule has 0 unspecified atom stereocenters. The van der Waals surface area contributed by atoms with Gasteiger partial charge in [-0.05, 0) is 11.0 Å². The molecule has 2 atom stereocenters. The lowest BCUT2D eigenvalue weighted by Crippen LogP contribution is -2.31. The first-order valence-electron chi connectivity index (χ1n) is 6.42. The Hall–Kier alpha value is -0.690. The molecule has 0 aromatic rings. The highest BCUT2D eigenvalue weighted by atomic mass is 32.2. The Morgan fingerprint density at radius 1 is 1.20 bits per heavy atom. The smallest absolute Gasteiger partial charge is 0.345 e. The summed E-state index contributed by atoms with van der Waals surface area (Å²) in [6.07, 6.45) is -0.824. The topological polar surface area (TPSA) is 80.7 Å². The van der Waals surface area contributed by atoms with Crippen LogP contribution in [0.4, 0.5) is 0 Å². The molecule has 0 rings (SSSR count). The number of carbonyl (C=O) groups is 3. The monoisotopic (exact) mass is 322 g/mol. The van der Waals surface area contributed by atoms with Crippen molar-refractivity contribution >= 4 is 40.6 Å². The molecule has 0 fully saturated rings. The molecule has 116 valence electrons. The number of hydrogen-bond donors (Lipinski definition) is 1. The van der Waals surface area contributed by atoms with Gasteiger partial charge in [-0.25, -0.2) is 4.79 Å². The molecule has 0 saturated carbocycles. The van der Waals surface area contributed by atoms with Crippen LogP contribution in [-0.4, -0.2) is 45.0 Å². The third-order valence-electron chi connectivity index (χ3n) is 2.30. The SMILES string of the molecule is CC(=O)SC[C@@H](C)C(=O)O[C@@H](CCSC(C)C)C(=O)O. The average molecular weight is 322 g/mol. The van der Waals surface area contributed by atoms with Crippen molar-refractivity contribution in [1.82, 2.24) is 0 Å². The maximum atomic E-state index is 11.8. The van der Waals surface area contributed by atoms with Crippen LogP contribution in [0.15, 0.2) is 0 Å². The fourth-order valence-corrected chi connectivity index (χ4v) is 2.65. The van der Waals surface area contributed by atoms with Crippen LogP contribution in [0, 0.1) is 5.92 Å². The van der Waals surface area contributed by atoms with Gasteiger partial charge in [-0.15, -0.1) is 0 Å². The van der Waals surface area contributed by atoms with Crippen molar-refractivity contribution in [1.29, 1.82) is 0 Å². The molecule has 0 aromatic carbocycles. The number of carboxylic acids is 1. The molecule has 0 saturated heterocycles. The van der Waals surface area contributed by atoms with E-state index in [1.165, 1.54) is 6.92 Å². The number of carboxylic acid groups (broad SMARTS) is 1. The van der Waals surface area contributed by atoms with E-state index < -0.39 is 24.0 Å². The lowest BCUT2D eigenvalue weighted by molar-refractivity contribution is -0.166. The molecule has 0 amide bonds. The van der Waals surface area contributed by atoms with Crippen LogP contribution in [-0.2, 0) is 19.1 Å². The number of thioether (sulfide) groups is 2. The van der Waals surface area contributed by atoms with E-state index in [2.05, 4.69) is 0 Å². The molecule has 1 N–H and O–H groups in total. The maximum absolute atomic E-state index is 11.8. The molecular weight excluding hydrogens is 300 g/mol. The summed E-state index contributed by atoms with van der Waals surface area (Å²) in [7, 11) is 0. The van der Waals surface area contributed by atoms with Crippen LogP contribution >= 0.6 is 23.5 Å².